The number of hydrogen-bond acceptors (Lipinski definition) is 4. The molecule has 78 valence electrons. The highest BCUT2D eigenvalue weighted by atomic mass is 15.3. The lowest BCUT2D eigenvalue weighted by molar-refractivity contribution is 0.525. The number of aromatic nitrogens is 5. The van der Waals surface area contributed by atoms with E-state index in [2.05, 4.69) is 34.0 Å². The van der Waals surface area contributed by atoms with E-state index in [-0.39, 0.29) is 0 Å². The first-order valence-electron chi connectivity index (χ1n) is 4.91. The van der Waals surface area contributed by atoms with E-state index < -0.39 is 0 Å². The Balaban J connectivity index is 2.33. The van der Waals surface area contributed by atoms with Gasteiger partial charge in [0.2, 0.25) is 0 Å². The molecule has 0 aliphatic heterocycles. The van der Waals surface area contributed by atoms with Crippen molar-refractivity contribution >= 4 is 0 Å². The highest BCUT2D eigenvalue weighted by Crippen LogP contribution is 2.13. The normalized spacial score (nSPS) is 10.9. The van der Waals surface area contributed by atoms with Crippen LogP contribution in [0.2, 0.25) is 0 Å². The smallest absolute Gasteiger partial charge is 0.184 e. The number of nitrogens with zero attached hydrogens (tertiary/aromatic N) is 5. The van der Waals surface area contributed by atoms with E-state index in [1.165, 1.54) is 0 Å². The molecule has 0 amide bonds. The Hall–Kier alpha value is -1.78. The molecule has 0 aliphatic rings. The van der Waals surface area contributed by atoms with Crippen molar-refractivity contribution in [1.29, 1.82) is 0 Å². The fraction of sp³-hybridized carbons (Fsp3) is 0.400. The Kier molecular flexibility index (Phi) is 2.71. The minimum atomic E-state index is 0.552. The van der Waals surface area contributed by atoms with Crippen LogP contribution in [-0.4, -0.2) is 24.7 Å². The van der Waals surface area contributed by atoms with Crippen molar-refractivity contribution in [2.24, 2.45) is 5.92 Å². The SMILES string of the molecule is CC(C)Cn1cnnc1-c1cnccn1. The van der Waals surface area contributed by atoms with Crippen LogP contribution in [0.4, 0.5) is 0 Å². The van der Waals surface area contributed by atoms with Crippen LogP contribution >= 0.6 is 0 Å². The molecule has 0 spiro atoms. The zero-order valence-electron chi connectivity index (χ0n) is 8.83. The maximum absolute atomic E-state index is 4.20. The van der Waals surface area contributed by atoms with Gasteiger partial charge in [-0.25, -0.2) is 4.98 Å². The zero-order valence-corrected chi connectivity index (χ0v) is 8.83. The monoisotopic (exact) mass is 203 g/mol. The summed E-state index contributed by atoms with van der Waals surface area (Å²) in [6.07, 6.45) is 6.72. The third-order valence-electron chi connectivity index (χ3n) is 1.97. The fourth-order valence-electron chi connectivity index (χ4n) is 1.39. The Bertz CT molecular complexity index is 420. The van der Waals surface area contributed by atoms with Crippen molar-refractivity contribution in [3.63, 3.8) is 0 Å². The summed E-state index contributed by atoms with van der Waals surface area (Å²) in [6, 6.07) is 0. The lowest BCUT2D eigenvalue weighted by Crippen LogP contribution is -2.05. The van der Waals surface area contributed by atoms with Crippen LogP contribution in [0.3, 0.4) is 0 Å². The van der Waals surface area contributed by atoms with Gasteiger partial charge in [0, 0.05) is 18.9 Å². The molecule has 2 rings (SSSR count). The van der Waals surface area contributed by atoms with Crippen molar-refractivity contribution in [2.45, 2.75) is 20.4 Å². The van der Waals surface area contributed by atoms with Gasteiger partial charge in [-0.2, -0.15) is 0 Å². The largest absolute Gasteiger partial charge is 0.312 e. The van der Waals surface area contributed by atoms with Gasteiger partial charge >= 0.3 is 0 Å². The van der Waals surface area contributed by atoms with Crippen LogP contribution in [0.15, 0.2) is 24.9 Å². The van der Waals surface area contributed by atoms with E-state index in [0.29, 0.717) is 5.92 Å². The second-order valence-electron chi connectivity index (χ2n) is 3.79. The second-order valence-corrected chi connectivity index (χ2v) is 3.79. The Morgan fingerprint density at radius 3 is 2.87 bits per heavy atom. The van der Waals surface area contributed by atoms with Crippen molar-refractivity contribution in [3.05, 3.63) is 24.9 Å². The standard InChI is InChI=1S/C10H13N5/c1-8(2)6-15-7-13-14-10(15)9-5-11-3-4-12-9/h3-5,7-8H,6H2,1-2H3. The summed E-state index contributed by atoms with van der Waals surface area (Å²) in [7, 11) is 0. The Morgan fingerprint density at radius 1 is 1.33 bits per heavy atom. The summed E-state index contributed by atoms with van der Waals surface area (Å²) in [5.41, 5.74) is 0.760. The quantitative estimate of drug-likeness (QED) is 0.756. The molecule has 2 heterocycles. The molecular weight excluding hydrogens is 190 g/mol. The van der Waals surface area contributed by atoms with Gasteiger partial charge in [-0.15, -0.1) is 10.2 Å². The molecule has 0 saturated heterocycles. The van der Waals surface area contributed by atoms with E-state index in [0.717, 1.165) is 18.1 Å². The number of rotatable bonds is 3. The van der Waals surface area contributed by atoms with Crippen LogP contribution in [0.25, 0.3) is 11.5 Å². The summed E-state index contributed by atoms with van der Waals surface area (Å²) < 4.78 is 1.99. The minimum absolute atomic E-state index is 0.552. The predicted octanol–water partition coefficient (Wildman–Crippen LogP) is 1.39. The van der Waals surface area contributed by atoms with E-state index in [9.17, 15) is 0 Å². The van der Waals surface area contributed by atoms with E-state index >= 15 is 0 Å². The van der Waals surface area contributed by atoms with Gasteiger partial charge in [-0.3, -0.25) is 4.98 Å². The molecule has 0 unspecified atom stereocenters. The van der Waals surface area contributed by atoms with Crippen molar-refractivity contribution in [1.82, 2.24) is 24.7 Å². The van der Waals surface area contributed by atoms with Crippen LogP contribution in [0.1, 0.15) is 13.8 Å². The summed E-state index contributed by atoms with van der Waals surface area (Å²) in [5, 5.41) is 7.95. The van der Waals surface area contributed by atoms with Crippen LogP contribution in [0.5, 0.6) is 0 Å². The van der Waals surface area contributed by atoms with Gasteiger partial charge in [-0.1, -0.05) is 13.8 Å². The van der Waals surface area contributed by atoms with E-state index in [1.807, 2.05) is 4.57 Å². The van der Waals surface area contributed by atoms with E-state index in [4.69, 9.17) is 0 Å². The second kappa shape index (κ2) is 4.16. The zero-order chi connectivity index (χ0) is 10.7. The molecule has 0 fully saturated rings. The molecule has 0 saturated carbocycles. The lowest BCUT2D eigenvalue weighted by atomic mass is 10.2. The fourth-order valence-corrected chi connectivity index (χ4v) is 1.39. The third kappa shape index (κ3) is 2.18. The predicted molar refractivity (Wildman–Crippen MR) is 55.9 cm³/mol. The molecule has 0 N–H and O–H groups in total. The van der Waals surface area contributed by atoms with Crippen molar-refractivity contribution in [2.75, 3.05) is 0 Å². The van der Waals surface area contributed by atoms with Gasteiger partial charge in [-0.05, 0) is 5.92 Å². The molecule has 0 aliphatic carbocycles. The van der Waals surface area contributed by atoms with E-state index in [1.54, 1.807) is 24.9 Å². The van der Waals surface area contributed by atoms with Crippen molar-refractivity contribution < 1.29 is 0 Å². The highest BCUT2D eigenvalue weighted by molar-refractivity contribution is 5.46. The average molecular weight is 203 g/mol. The molecule has 0 radical (unpaired) electrons. The Morgan fingerprint density at radius 2 is 2.20 bits per heavy atom. The molecule has 0 atom stereocenters. The summed E-state index contributed by atoms with van der Waals surface area (Å²) in [4.78, 5) is 8.22. The topological polar surface area (TPSA) is 56.5 Å². The minimum Gasteiger partial charge on any atom is -0.312 e. The van der Waals surface area contributed by atoms with Gasteiger partial charge in [0.1, 0.15) is 12.0 Å². The summed E-state index contributed by atoms with van der Waals surface area (Å²) >= 11 is 0. The van der Waals surface area contributed by atoms with Gasteiger partial charge < -0.3 is 4.57 Å². The first-order valence-corrected chi connectivity index (χ1v) is 4.91. The highest BCUT2D eigenvalue weighted by Gasteiger charge is 2.09. The lowest BCUT2D eigenvalue weighted by Gasteiger charge is -2.07. The molecule has 0 aromatic carbocycles. The van der Waals surface area contributed by atoms with Gasteiger partial charge in [0.15, 0.2) is 5.82 Å². The molecule has 0 bridgehead atoms. The third-order valence-corrected chi connectivity index (χ3v) is 1.97. The Labute approximate surface area is 88.2 Å². The van der Waals surface area contributed by atoms with Crippen LogP contribution in [0, 0.1) is 5.92 Å². The van der Waals surface area contributed by atoms with Crippen LogP contribution < -0.4 is 0 Å². The molecule has 2 aromatic heterocycles. The molecular formula is C10H13N5. The summed E-state index contributed by atoms with van der Waals surface area (Å²) in [5.74, 6) is 1.33. The molecule has 2 aromatic rings. The molecule has 15 heavy (non-hydrogen) atoms. The molecule has 5 heteroatoms. The van der Waals surface area contributed by atoms with Crippen molar-refractivity contribution in [3.8, 4) is 11.5 Å². The summed E-state index contributed by atoms with van der Waals surface area (Å²) in [6.45, 7) is 5.19. The van der Waals surface area contributed by atoms with Crippen LogP contribution in [-0.2, 0) is 6.54 Å². The average Bonchev–Trinajstić information content (AvgIpc) is 2.66. The van der Waals surface area contributed by atoms with Gasteiger partial charge in [0.25, 0.3) is 0 Å². The first-order chi connectivity index (χ1) is 7.27. The first kappa shape index (κ1) is 9.76. The maximum atomic E-state index is 4.20. The molecule has 5 nitrogen and oxygen atoms in total. The number of hydrogen-bond donors (Lipinski definition) is 0. The maximum Gasteiger partial charge on any atom is 0.184 e. The van der Waals surface area contributed by atoms with Gasteiger partial charge in [0.05, 0.1) is 6.20 Å².